The van der Waals surface area contributed by atoms with Crippen LogP contribution in [-0.2, 0) is 6.42 Å². The molecular formula is C15H13Cl2FO. The fraction of sp³-hybridized carbons (Fsp3) is 0.200. The minimum absolute atomic E-state index is 0.326. The van der Waals surface area contributed by atoms with E-state index in [1.807, 2.05) is 18.2 Å². The Labute approximate surface area is 121 Å². The molecule has 4 heteroatoms. The van der Waals surface area contributed by atoms with E-state index in [-0.39, 0.29) is 11.2 Å². The molecule has 1 atom stereocenters. The quantitative estimate of drug-likeness (QED) is 0.721. The number of methoxy groups -OCH3 is 1. The van der Waals surface area contributed by atoms with Gasteiger partial charge in [0.25, 0.3) is 0 Å². The first-order chi connectivity index (χ1) is 9.10. The number of benzene rings is 2. The van der Waals surface area contributed by atoms with Crippen LogP contribution < -0.4 is 4.74 Å². The molecule has 0 saturated carbocycles. The predicted molar refractivity (Wildman–Crippen MR) is 76.7 cm³/mol. The summed E-state index contributed by atoms with van der Waals surface area (Å²) in [4.78, 5) is 0. The number of halogens is 3. The Morgan fingerprint density at radius 3 is 2.68 bits per heavy atom. The highest BCUT2D eigenvalue weighted by molar-refractivity contribution is 6.30. The summed E-state index contributed by atoms with van der Waals surface area (Å²) in [6.45, 7) is 0. The van der Waals surface area contributed by atoms with Gasteiger partial charge in [0, 0.05) is 10.6 Å². The molecule has 2 aromatic rings. The molecule has 0 aliphatic carbocycles. The summed E-state index contributed by atoms with van der Waals surface area (Å²) in [6, 6.07) is 11.8. The standard InChI is InChI=1S/C15H13Cl2FO/c1-19-15-6-5-12(18)9-13(15)14(17)8-10-3-2-4-11(16)7-10/h2-7,9,14H,8H2,1H3. The minimum atomic E-state index is -0.371. The van der Waals surface area contributed by atoms with E-state index in [2.05, 4.69) is 0 Å². The molecule has 0 radical (unpaired) electrons. The van der Waals surface area contributed by atoms with Gasteiger partial charge in [-0.15, -0.1) is 11.6 Å². The van der Waals surface area contributed by atoms with Crippen LogP contribution >= 0.6 is 23.2 Å². The van der Waals surface area contributed by atoms with E-state index in [0.717, 1.165) is 5.56 Å². The third-order valence-corrected chi connectivity index (χ3v) is 3.46. The number of hydrogen-bond acceptors (Lipinski definition) is 1. The lowest BCUT2D eigenvalue weighted by atomic mass is 10.0. The van der Waals surface area contributed by atoms with Crippen molar-refractivity contribution in [3.05, 3.63) is 64.4 Å². The van der Waals surface area contributed by atoms with E-state index < -0.39 is 0 Å². The van der Waals surface area contributed by atoms with Crippen LogP contribution in [0.5, 0.6) is 5.75 Å². The number of hydrogen-bond donors (Lipinski definition) is 0. The maximum absolute atomic E-state index is 13.3. The Balaban J connectivity index is 2.24. The van der Waals surface area contributed by atoms with Gasteiger partial charge < -0.3 is 4.74 Å². The molecule has 0 N–H and O–H groups in total. The van der Waals surface area contributed by atoms with Gasteiger partial charge in [-0.1, -0.05) is 23.7 Å². The van der Waals surface area contributed by atoms with Gasteiger partial charge in [0.2, 0.25) is 0 Å². The maximum atomic E-state index is 13.3. The van der Waals surface area contributed by atoms with Crippen LogP contribution in [0.2, 0.25) is 5.02 Å². The lowest BCUT2D eigenvalue weighted by molar-refractivity contribution is 0.407. The van der Waals surface area contributed by atoms with Gasteiger partial charge >= 0.3 is 0 Å². The van der Waals surface area contributed by atoms with Crippen molar-refractivity contribution in [1.82, 2.24) is 0 Å². The average Bonchev–Trinajstić information content (AvgIpc) is 2.38. The maximum Gasteiger partial charge on any atom is 0.123 e. The Hall–Kier alpha value is -1.25. The zero-order valence-electron chi connectivity index (χ0n) is 10.4. The van der Waals surface area contributed by atoms with Gasteiger partial charge in [-0.25, -0.2) is 4.39 Å². The van der Waals surface area contributed by atoms with Crippen molar-refractivity contribution in [1.29, 1.82) is 0 Å². The van der Waals surface area contributed by atoms with Crippen LogP contribution in [0.25, 0.3) is 0 Å². The monoisotopic (exact) mass is 298 g/mol. The molecule has 2 rings (SSSR count). The highest BCUT2D eigenvalue weighted by Gasteiger charge is 2.15. The Kier molecular flexibility index (Phi) is 4.67. The molecule has 0 amide bonds. The molecule has 1 unspecified atom stereocenters. The zero-order valence-corrected chi connectivity index (χ0v) is 11.9. The number of alkyl halides is 1. The molecule has 0 heterocycles. The van der Waals surface area contributed by atoms with Gasteiger partial charge in [-0.3, -0.25) is 0 Å². The molecular weight excluding hydrogens is 286 g/mol. The van der Waals surface area contributed by atoms with E-state index in [4.69, 9.17) is 27.9 Å². The van der Waals surface area contributed by atoms with Gasteiger partial charge in [0.15, 0.2) is 0 Å². The zero-order chi connectivity index (χ0) is 13.8. The topological polar surface area (TPSA) is 9.23 Å². The fourth-order valence-electron chi connectivity index (χ4n) is 1.93. The van der Waals surface area contributed by atoms with Crippen LogP contribution in [0.4, 0.5) is 4.39 Å². The number of ether oxygens (including phenoxy) is 1. The molecule has 1 nitrogen and oxygen atoms in total. The summed E-state index contributed by atoms with van der Waals surface area (Å²) in [5, 5.41) is 0.289. The Bertz CT molecular complexity index is 572. The fourth-order valence-corrected chi connectivity index (χ4v) is 2.49. The highest BCUT2D eigenvalue weighted by Crippen LogP contribution is 2.33. The third kappa shape index (κ3) is 3.62. The molecule has 0 saturated heterocycles. The number of rotatable bonds is 4. The normalized spacial score (nSPS) is 12.2. The Morgan fingerprint density at radius 1 is 1.21 bits per heavy atom. The summed E-state index contributed by atoms with van der Waals surface area (Å²) >= 11 is 12.3. The van der Waals surface area contributed by atoms with Gasteiger partial charge in [-0.05, 0) is 42.3 Å². The van der Waals surface area contributed by atoms with Crippen LogP contribution in [0.1, 0.15) is 16.5 Å². The summed E-state index contributed by atoms with van der Waals surface area (Å²) in [5.41, 5.74) is 1.64. The van der Waals surface area contributed by atoms with Crippen LogP contribution in [0, 0.1) is 5.82 Å². The molecule has 0 bridgehead atoms. The molecule has 0 aromatic heterocycles. The van der Waals surface area contributed by atoms with E-state index >= 15 is 0 Å². The minimum Gasteiger partial charge on any atom is -0.496 e. The summed E-state index contributed by atoms with van der Waals surface area (Å²) in [7, 11) is 1.54. The Morgan fingerprint density at radius 2 is 2.00 bits per heavy atom. The van der Waals surface area contributed by atoms with Gasteiger partial charge in [0.1, 0.15) is 11.6 Å². The average molecular weight is 299 g/mol. The highest BCUT2D eigenvalue weighted by atomic mass is 35.5. The first-order valence-corrected chi connectivity index (χ1v) is 6.63. The first-order valence-electron chi connectivity index (χ1n) is 5.82. The second kappa shape index (κ2) is 6.27. The second-order valence-corrected chi connectivity index (χ2v) is 5.15. The van der Waals surface area contributed by atoms with Crippen LogP contribution in [0.15, 0.2) is 42.5 Å². The van der Waals surface area contributed by atoms with Crippen molar-refractivity contribution in [2.45, 2.75) is 11.8 Å². The van der Waals surface area contributed by atoms with Crippen LogP contribution in [0.3, 0.4) is 0 Å². The third-order valence-electron chi connectivity index (χ3n) is 2.83. The van der Waals surface area contributed by atoms with Crippen molar-refractivity contribution in [2.75, 3.05) is 7.11 Å². The summed E-state index contributed by atoms with van der Waals surface area (Å²) < 4.78 is 18.5. The van der Waals surface area contributed by atoms with E-state index in [1.54, 1.807) is 19.2 Å². The van der Waals surface area contributed by atoms with Gasteiger partial charge in [0.05, 0.1) is 12.5 Å². The molecule has 0 aliphatic heterocycles. The largest absolute Gasteiger partial charge is 0.496 e. The van der Waals surface area contributed by atoms with Crippen LogP contribution in [-0.4, -0.2) is 7.11 Å². The molecule has 0 spiro atoms. The van der Waals surface area contributed by atoms with Crippen molar-refractivity contribution < 1.29 is 9.13 Å². The smallest absolute Gasteiger partial charge is 0.123 e. The van der Waals surface area contributed by atoms with E-state index in [0.29, 0.717) is 22.8 Å². The van der Waals surface area contributed by atoms with Crippen molar-refractivity contribution in [2.24, 2.45) is 0 Å². The van der Waals surface area contributed by atoms with E-state index in [9.17, 15) is 4.39 Å². The van der Waals surface area contributed by atoms with Gasteiger partial charge in [-0.2, -0.15) is 0 Å². The van der Waals surface area contributed by atoms with E-state index in [1.165, 1.54) is 12.1 Å². The van der Waals surface area contributed by atoms with Crippen molar-refractivity contribution in [3.63, 3.8) is 0 Å². The second-order valence-electron chi connectivity index (χ2n) is 4.19. The summed E-state index contributed by atoms with van der Waals surface area (Å²) in [5.74, 6) is 0.260. The lowest BCUT2D eigenvalue weighted by Gasteiger charge is -2.14. The molecule has 0 aliphatic rings. The molecule has 100 valence electrons. The predicted octanol–water partition coefficient (Wildman–Crippen LogP) is 5.01. The molecule has 19 heavy (non-hydrogen) atoms. The lowest BCUT2D eigenvalue weighted by Crippen LogP contribution is -2.00. The SMILES string of the molecule is COc1ccc(F)cc1C(Cl)Cc1cccc(Cl)c1. The molecule has 0 fully saturated rings. The van der Waals surface area contributed by atoms with Crippen molar-refractivity contribution in [3.8, 4) is 5.75 Å². The molecule has 2 aromatic carbocycles. The van der Waals surface area contributed by atoms with Crippen molar-refractivity contribution >= 4 is 23.2 Å². The summed E-state index contributed by atoms with van der Waals surface area (Å²) in [6.07, 6.45) is 0.557. The first kappa shape index (κ1) is 14.2.